The fourth-order valence-corrected chi connectivity index (χ4v) is 1.48. The van der Waals surface area contributed by atoms with Gasteiger partial charge in [0.2, 0.25) is 0 Å². The first kappa shape index (κ1) is 13.0. The molecule has 0 aliphatic rings. The monoisotopic (exact) mass is 186 g/mol. The van der Waals surface area contributed by atoms with Gasteiger partial charge in [0.05, 0.1) is 6.10 Å². The Morgan fingerprint density at radius 2 is 1.69 bits per heavy atom. The molecule has 0 saturated heterocycles. The van der Waals surface area contributed by atoms with Gasteiger partial charge in [-0.15, -0.1) is 0 Å². The summed E-state index contributed by atoms with van der Waals surface area (Å²) in [6.07, 6.45) is 4.94. The molecule has 80 valence electrons. The van der Waals surface area contributed by atoms with E-state index in [1.54, 1.807) is 0 Å². The van der Waals surface area contributed by atoms with Crippen molar-refractivity contribution in [2.24, 2.45) is 11.3 Å². The molecule has 0 spiro atoms. The first-order valence-corrected chi connectivity index (χ1v) is 5.61. The lowest BCUT2D eigenvalue weighted by atomic mass is 9.74. The summed E-state index contributed by atoms with van der Waals surface area (Å²) < 4.78 is 0. The molecule has 1 nitrogen and oxygen atoms in total. The first-order valence-electron chi connectivity index (χ1n) is 5.61. The molecular formula is C12H26O. The SMILES string of the molecule is CCCCCC(C)C(C)(C)C(C)O. The fraction of sp³-hybridized carbons (Fsp3) is 1.00. The zero-order chi connectivity index (χ0) is 10.5. The van der Waals surface area contributed by atoms with Gasteiger partial charge in [0.1, 0.15) is 0 Å². The molecule has 0 heterocycles. The lowest BCUT2D eigenvalue weighted by molar-refractivity contribution is 0.0218. The second-order valence-electron chi connectivity index (χ2n) is 4.89. The molecule has 2 atom stereocenters. The van der Waals surface area contributed by atoms with Crippen molar-refractivity contribution in [2.45, 2.75) is 66.4 Å². The molecule has 0 saturated carbocycles. The number of unbranched alkanes of at least 4 members (excludes halogenated alkanes) is 2. The molecule has 0 rings (SSSR count). The van der Waals surface area contributed by atoms with Crippen LogP contribution in [0.1, 0.15) is 60.3 Å². The molecule has 1 N–H and O–H groups in total. The van der Waals surface area contributed by atoms with Crippen molar-refractivity contribution in [1.29, 1.82) is 0 Å². The molecule has 1 heteroatoms. The number of rotatable bonds is 6. The van der Waals surface area contributed by atoms with Gasteiger partial charge in [-0.25, -0.2) is 0 Å². The first-order chi connectivity index (χ1) is 5.92. The Bertz CT molecular complexity index is 127. The largest absolute Gasteiger partial charge is 0.393 e. The smallest absolute Gasteiger partial charge is 0.0565 e. The maximum Gasteiger partial charge on any atom is 0.0565 e. The van der Waals surface area contributed by atoms with Crippen LogP contribution in [0, 0.1) is 11.3 Å². The molecule has 0 fully saturated rings. The van der Waals surface area contributed by atoms with E-state index in [1.807, 2.05) is 6.92 Å². The summed E-state index contributed by atoms with van der Waals surface area (Å²) in [5.41, 5.74) is 0.0632. The van der Waals surface area contributed by atoms with Crippen molar-refractivity contribution in [3.05, 3.63) is 0 Å². The highest BCUT2D eigenvalue weighted by Gasteiger charge is 2.30. The maximum absolute atomic E-state index is 9.61. The van der Waals surface area contributed by atoms with Crippen LogP contribution in [0.5, 0.6) is 0 Å². The summed E-state index contributed by atoms with van der Waals surface area (Å²) in [6, 6.07) is 0. The number of hydrogen-bond donors (Lipinski definition) is 1. The van der Waals surface area contributed by atoms with E-state index in [-0.39, 0.29) is 11.5 Å². The Morgan fingerprint density at radius 1 is 1.15 bits per heavy atom. The van der Waals surface area contributed by atoms with E-state index in [2.05, 4.69) is 27.7 Å². The van der Waals surface area contributed by atoms with Gasteiger partial charge in [-0.2, -0.15) is 0 Å². The van der Waals surface area contributed by atoms with Crippen LogP contribution in [-0.2, 0) is 0 Å². The summed E-state index contributed by atoms with van der Waals surface area (Å²) in [6.45, 7) is 10.7. The Labute approximate surface area is 83.5 Å². The maximum atomic E-state index is 9.61. The minimum atomic E-state index is -0.205. The van der Waals surface area contributed by atoms with E-state index < -0.39 is 0 Å². The summed E-state index contributed by atoms with van der Waals surface area (Å²) >= 11 is 0. The lowest BCUT2D eigenvalue weighted by Gasteiger charge is -2.34. The van der Waals surface area contributed by atoms with E-state index in [0.717, 1.165) is 0 Å². The summed E-state index contributed by atoms with van der Waals surface area (Å²) in [7, 11) is 0. The number of aliphatic hydroxyl groups excluding tert-OH is 1. The van der Waals surface area contributed by atoms with E-state index >= 15 is 0 Å². The average Bonchev–Trinajstić information content (AvgIpc) is 2.04. The number of hydrogen-bond acceptors (Lipinski definition) is 1. The van der Waals surface area contributed by atoms with Crippen molar-refractivity contribution in [3.63, 3.8) is 0 Å². The molecule has 0 amide bonds. The van der Waals surface area contributed by atoms with Crippen LogP contribution in [0.3, 0.4) is 0 Å². The quantitative estimate of drug-likeness (QED) is 0.628. The van der Waals surface area contributed by atoms with Crippen molar-refractivity contribution in [2.75, 3.05) is 0 Å². The van der Waals surface area contributed by atoms with Gasteiger partial charge in [-0.05, 0) is 18.3 Å². The highest BCUT2D eigenvalue weighted by atomic mass is 16.3. The standard InChI is InChI=1S/C12H26O/c1-6-7-8-9-10(2)12(4,5)11(3)13/h10-11,13H,6-9H2,1-5H3. The summed E-state index contributed by atoms with van der Waals surface area (Å²) in [5.74, 6) is 0.610. The molecule has 13 heavy (non-hydrogen) atoms. The second kappa shape index (κ2) is 5.64. The Balaban J connectivity index is 3.87. The van der Waals surface area contributed by atoms with Crippen LogP contribution in [0.2, 0.25) is 0 Å². The van der Waals surface area contributed by atoms with E-state index in [9.17, 15) is 5.11 Å². The number of aliphatic hydroxyl groups is 1. The molecule has 0 aromatic rings. The molecule has 0 aliphatic carbocycles. The van der Waals surface area contributed by atoms with Gasteiger partial charge in [-0.1, -0.05) is 53.4 Å². The topological polar surface area (TPSA) is 20.2 Å². The van der Waals surface area contributed by atoms with Gasteiger partial charge in [0, 0.05) is 0 Å². The van der Waals surface area contributed by atoms with Crippen LogP contribution in [0.25, 0.3) is 0 Å². The summed E-state index contributed by atoms with van der Waals surface area (Å²) in [4.78, 5) is 0. The molecular weight excluding hydrogens is 160 g/mol. The highest BCUT2D eigenvalue weighted by molar-refractivity contribution is 4.79. The Morgan fingerprint density at radius 3 is 2.08 bits per heavy atom. The van der Waals surface area contributed by atoms with Crippen molar-refractivity contribution < 1.29 is 5.11 Å². The fourth-order valence-electron chi connectivity index (χ4n) is 1.48. The van der Waals surface area contributed by atoms with Gasteiger partial charge in [0.15, 0.2) is 0 Å². The predicted molar refractivity (Wildman–Crippen MR) is 58.8 cm³/mol. The van der Waals surface area contributed by atoms with Crippen molar-refractivity contribution >= 4 is 0 Å². The van der Waals surface area contributed by atoms with Crippen LogP contribution in [-0.4, -0.2) is 11.2 Å². The molecule has 0 radical (unpaired) electrons. The third kappa shape index (κ3) is 4.12. The van der Waals surface area contributed by atoms with Gasteiger partial charge in [0.25, 0.3) is 0 Å². The van der Waals surface area contributed by atoms with Gasteiger partial charge < -0.3 is 5.11 Å². The predicted octanol–water partition coefficient (Wildman–Crippen LogP) is 3.61. The van der Waals surface area contributed by atoms with Crippen LogP contribution in [0.15, 0.2) is 0 Å². The second-order valence-corrected chi connectivity index (χ2v) is 4.89. The van der Waals surface area contributed by atoms with E-state index in [4.69, 9.17) is 0 Å². The third-order valence-corrected chi connectivity index (χ3v) is 3.59. The zero-order valence-corrected chi connectivity index (χ0v) is 9.93. The van der Waals surface area contributed by atoms with Gasteiger partial charge in [-0.3, -0.25) is 0 Å². The van der Waals surface area contributed by atoms with E-state index in [1.165, 1.54) is 25.7 Å². The average molecular weight is 186 g/mol. The molecule has 2 unspecified atom stereocenters. The van der Waals surface area contributed by atoms with Crippen LogP contribution < -0.4 is 0 Å². The third-order valence-electron chi connectivity index (χ3n) is 3.59. The van der Waals surface area contributed by atoms with Crippen LogP contribution >= 0.6 is 0 Å². The van der Waals surface area contributed by atoms with Gasteiger partial charge >= 0.3 is 0 Å². The van der Waals surface area contributed by atoms with Crippen molar-refractivity contribution in [3.8, 4) is 0 Å². The highest BCUT2D eigenvalue weighted by Crippen LogP contribution is 2.33. The minimum Gasteiger partial charge on any atom is -0.393 e. The molecule has 0 bridgehead atoms. The Kier molecular flexibility index (Phi) is 5.62. The Hall–Kier alpha value is -0.0400. The van der Waals surface area contributed by atoms with Crippen LogP contribution in [0.4, 0.5) is 0 Å². The molecule has 0 aromatic carbocycles. The summed E-state index contributed by atoms with van der Waals surface area (Å²) in [5, 5.41) is 9.61. The molecule has 0 aliphatic heterocycles. The lowest BCUT2D eigenvalue weighted by Crippen LogP contribution is -2.33. The zero-order valence-electron chi connectivity index (χ0n) is 9.93. The normalized spacial score (nSPS) is 17.1. The minimum absolute atomic E-state index is 0.0632. The van der Waals surface area contributed by atoms with Crippen molar-refractivity contribution in [1.82, 2.24) is 0 Å². The van der Waals surface area contributed by atoms with E-state index in [0.29, 0.717) is 5.92 Å². The molecule has 0 aromatic heterocycles.